The van der Waals surface area contributed by atoms with Crippen LogP contribution in [0.25, 0.3) is 33.4 Å². The summed E-state index contributed by atoms with van der Waals surface area (Å²) in [5, 5.41) is 5.13. The first-order valence-electron chi connectivity index (χ1n) is 33.9. The van der Waals surface area contributed by atoms with Crippen molar-refractivity contribution in [2.45, 2.75) is 125 Å². The van der Waals surface area contributed by atoms with E-state index < -0.39 is 20.5 Å². The number of hydrogen-bond acceptors (Lipinski definition) is 5. The molecule has 5 nitrogen and oxygen atoms in total. The lowest BCUT2D eigenvalue weighted by atomic mass is 9.78. The van der Waals surface area contributed by atoms with Crippen molar-refractivity contribution in [3.8, 4) is 44.9 Å². The van der Waals surface area contributed by atoms with Gasteiger partial charge in [0.2, 0.25) is 0 Å². The molecule has 0 atom stereocenters. The molecule has 0 amide bonds. The van der Waals surface area contributed by atoms with Crippen LogP contribution in [0.3, 0.4) is 0 Å². The average Bonchev–Trinajstić information content (AvgIpc) is 1.57. The summed E-state index contributed by atoms with van der Waals surface area (Å²) in [5.74, 6) is 1.55. The van der Waals surface area contributed by atoms with Gasteiger partial charge in [0.1, 0.15) is 24.0 Å². The summed E-state index contributed by atoms with van der Waals surface area (Å²) >= 11 is 0. The smallest absolute Gasteiger partial charge is 0.185 e. The molecule has 13 rings (SSSR count). The van der Waals surface area contributed by atoms with Crippen molar-refractivity contribution in [2.75, 3.05) is 21.4 Å². The van der Waals surface area contributed by atoms with Crippen LogP contribution in [-0.2, 0) is 28.0 Å². The minimum atomic E-state index is -3.22. The van der Waals surface area contributed by atoms with Gasteiger partial charge < -0.3 is 14.5 Å². The Morgan fingerprint density at radius 3 is 1.65 bits per heavy atom. The molecule has 0 aliphatic carbocycles. The Morgan fingerprint density at radius 2 is 1.03 bits per heavy atom. The van der Waals surface area contributed by atoms with E-state index in [0.29, 0.717) is 35.1 Å². The fourth-order valence-electron chi connectivity index (χ4n) is 13.2. The molecule has 1 spiro atoms. The SMILES string of the molecule is [2H]c1c([2H])c([2H])c(-c2cccc(-c3cc(C(C)(C)C)cc(C(C)(C)C)c3)c2N2CN(c3cccc(Oc4ccc5c(c4)N(c4cc(C([2H])([2H])C(C)C)ccn4)c4ccccc4[Si]54c5cc(C(C)(C)C)ccc5-c5ccc(C(C)(C)C)cc54)c3)c3ccccc32)c([2H])c1[2H]. The molecule has 0 saturated heterocycles. The highest BCUT2D eigenvalue weighted by Crippen LogP contribution is 2.52. The van der Waals surface area contributed by atoms with Crippen molar-refractivity contribution >= 4 is 68.8 Å². The van der Waals surface area contributed by atoms with E-state index in [1.54, 1.807) is 12.3 Å². The summed E-state index contributed by atoms with van der Waals surface area (Å²) in [4.78, 5) is 11.8. The van der Waals surface area contributed by atoms with Gasteiger partial charge in [-0.25, -0.2) is 4.98 Å². The first-order chi connectivity index (χ1) is 43.8. The fourth-order valence-corrected chi connectivity index (χ4v) is 18.7. The number of pyridine rings is 1. The minimum absolute atomic E-state index is 0.128. The molecule has 3 aliphatic rings. The molecular formula is C80H82N4OSi. The van der Waals surface area contributed by atoms with Crippen LogP contribution in [0.5, 0.6) is 11.5 Å². The van der Waals surface area contributed by atoms with Crippen LogP contribution in [0.15, 0.2) is 212 Å². The summed E-state index contributed by atoms with van der Waals surface area (Å²) in [5.41, 5.74) is 15.1. The number of anilines is 7. The van der Waals surface area contributed by atoms with Gasteiger partial charge in [0.05, 0.1) is 29.6 Å². The third-order valence-corrected chi connectivity index (χ3v) is 22.5. The van der Waals surface area contributed by atoms with E-state index in [4.69, 9.17) is 13.8 Å². The van der Waals surface area contributed by atoms with Gasteiger partial charge >= 0.3 is 0 Å². The van der Waals surface area contributed by atoms with Crippen molar-refractivity contribution in [1.29, 1.82) is 0 Å². The Bertz CT molecular complexity index is 4560. The molecule has 4 heterocycles. The Kier molecular flexibility index (Phi) is 11.9. The number of hydrogen-bond donors (Lipinski definition) is 0. The van der Waals surface area contributed by atoms with E-state index in [1.165, 1.54) is 43.0 Å². The normalized spacial score (nSPS) is 15.6. The molecule has 432 valence electrons. The number of para-hydroxylation sites is 4. The zero-order valence-corrected chi connectivity index (χ0v) is 53.3. The largest absolute Gasteiger partial charge is 0.457 e. The molecule has 1 aromatic heterocycles. The lowest BCUT2D eigenvalue weighted by molar-refractivity contribution is 0.483. The highest BCUT2D eigenvalue weighted by Gasteiger charge is 2.55. The summed E-state index contributed by atoms with van der Waals surface area (Å²) in [7, 11) is -3.22. The Labute approximate surface area is 522 Å². The lowest BCUT2D eigenvalue weighted by Crippen LogP contribution is -2.75. The second kappa shape index (κ2) is 20.9. The van der Waals surface area contributed by atoms with E-state index in [-0.39, 0.29) is 57.3 Å². The van der Waals surface area contributed by atoms with Crippen molar-refractivity contribution < 1.29 is 14.3 Å². The fraction of sp³-hybridized carbons (Fsp3) is 0.263. The van der Waals surface area contributed by atoms with E-state index >= 15 is 0 Å². The Balaban J connectivity index is 0.978. The summed E-state index contributed by atoms with van der Waals surface area (Å²) in [6.45, 7) is 31.2. The van der Waals surface area contributed by atoms with Crippen molar-refractivity contribution in [3.63, 3.8) is 0 Å². The molecule has 10 aromatic rings. The number of fused-ring (bicyclic) bond motifs is 10. The number of nitrogens with zero attached hydrogens (tertiary/aromatic N) is 4. The lowest BCUT2D eigenvalue weighted by Gasteiger charge is -2.43. The zero-order chi connectivity index (χ0) is 66.4. The maximum Gasteiger partial charge on any atom is 0.185 e. The third-order valence-electron chi connectivity index (χ3n) is 17.6. The van der Waals surface area contributed by atoms with Crippen LogP contribution in [-0.4, -0.2) is 19.7 Å². The topological polar surface area (TPSA) is 31.8 Å². The van der Waals surface area contributed by atoms with Gasteiger partial charge in [0.25, 0.3) is 0 Å². The van der Waals surface area contributed by atoms with Gasteiger partial charge in [-0.2, -0.15) is 0 Å². The Hall–Kier alpha value is -8.45. The average molecular weight is 1150 g/mol. The molecule has 86 heavy (non-hydrogen) atoms. The second-order valence-electron chi connectivity index (χ2n) is 28.1. The summed E-state index contributed by atoms with van der Waals surface area (Å²) in [6.07, 6.45) is 0.112. The molecule has 0 unspecified atom stereocenters. The van der Waals surface area contributed by atoms with E-state index in [9.17, 15) is 5.48 Å². The van der Waals surface area contributed by atoms with E-state index in [2.05, 4.69) is 225 Å². The van der Waals surface area contributed by atoms with Gasteiger partial charge in [0, 0.05) is 43.6 Å². The molecule has 9 aromatic carbocycles. The van der Waals surface area contributed by atoms with Gasteiger partial charge in [0.15, 0.2) is 8.07 Å². The first kappa shape index (κ1) is 48.7. The molecule has 3 aliphatic heterocycles. The quantitative estimate of drug-likeness (QED) is 0.135. The van der Waals surface area contributed by atoms with Crippen LogP contribution in [0, 0.1) is 5.92 Å². The maximum absolute atomic E-state index is 9.39. The van der Waals surface area contributed by atoms with E-state index in [0.717, 1.165) is 56.4 Å². The summed E-state index contributed by atoms with van der Waals surface area (Å²) < 4.78 is 71.0. The summed E-state index contributed by atoms with van der Waals surface area (Å²) in [6, 6.07) is 60.9. The number of benzene rings is 9. The van der Waals surface area contributed by atoms with Gasteiger partial charge in [-0.1, -0.05) is 242 Å². The molecule has 0 radical (unpaired) electrons. The third kappa shape index (κ3) is 9.84. The number of aromatic nitrogens is 1. The number of rotatable bonds is 9. The first-order valence-corrected chi connectivity index (χ1v) is 32.4. The van der Waals surface area contributed by atoms with Crippen molar-refractivity contribution in [2.24, 2.45) is 5.92 Å². The second-order valence-corrected chi connectivity index (χ2v) is 31.7. The van der Waals surface area contributed by atoms with Gasteiger partial charge in [-0.15, -0.1) is 0 Å². The minimum Gasteiger partial charge on any atom is -0.457 e. The van der Waals surface area contributed by atoms with Crippen LogP contribution < -0.4 is 40.2 Å². The van der Waals surface area contributed by atoms with Crippen LogP contribution >= 0.6 is 0 Å². The van der Waals surface area contributed by atoms with Crippen LogP contribution in [0.2, 0.25) is 0 Å². The van der Waals surface area contributed by atoms with Crippen LogP contribution in [0.4, 0.5) is 39.9 Å². The Morgan fingerprint density at radius 1 is 0.477 bits per heavy atom. The monoisotopic (exact) mass is 1150 g/mol. The molecular weight excluding hydrogens is 1060 g/mol. The molecule has 0 saturated carbocycles. The number of ether oxygens (including phenoxy) is 1. The van der Waals surface area contributed by atoms with Crippen LogP contribution in [0.1, 0.15) is 134 Å². The predicted molar refractivity (Wildman–Crippen MR) is 368 cm³/mol. The van der Waals surface area contributed by atoms with Crippen molar-refractivity contribution in [3.05, 3.63) is 240 Å². The highest BCUT2D eigenvalue weighted by atomic mass is 28.3. The van der Waals surface area contributed by atoms with Crippen molar-refractivity contribution in [1.82, 2.24) is 4.98 Å². The molecule has 6 heteroatoms. The van der Waals surface area contributed by atoms with Gasteiger partial charge in [-0.05, 0) is 153 Å². The highest BCUT2D eigenvalue weighted by molar-refractivity contribution is 7.23. The molecule has 0 bridgehead atoms. The van der Waals surface area contributed by atoms with Gasteiger partial charge in [-0.3, -0.25) is 4.90 Å². The maximum atomic E-state index is 9.39. The van der Waals surface area contributed by atoms with E-state index in [1.807, 2.05) is 56.3 Å². The molecule has 0 fully saturated rings. The predicted octanol–water partition coefficient (Wildman–Crippen LogP) is 19.0. The zero-order valence-electron chi connectivity index (χ0n) is 59.3. The standard InChI is InChI=1S/C80H82N4OSi/c1-52(2)42-53-40-41-81-75(43-53)84-69-32-20-21-33-71(69)86(73-47-56(77(3,4)5)34-37-65(73)66-38-35-57(48-74(66)86)78(6,7)8)72-39-36-62(50-70(72)84)85-61-27-22-26-60(49-61)82-51-83(68-31-19-18-30-67(68)82)76-63(54-24-16-15-17-25-54)28-23-29-64(76)55-44-58(79(9,10)11)46-59(45-55)80(12,13)14/h15-41,43-50,52H,42,51H2,1-14H3/i15D,16D,17D,24D,25D,42D2. The molecule has 0 N–H and O–H groups in total.